The number of aromatic nitrogens is 4. The van der Waals surface area contributed by atoms with Crippen LogP contribution in [0.3, 0.4) is 0 Å². The van der Waals surface area contributed by atoms with Crippen molar-refractivity contribution in [2.75, 3.05) is 20.3 Å². The van der Waals surface area contributed by atoms with E-state index in [9.17, 15) is 9.59 Å². The zero-order valence-corrected chi connectivity index (χ0v) is 29.6. The topological polar surface area (TPSA) is 91.5 Å². The molecule has 0 fully saturated rings. The molecule has 0 unspecified atom stereocenters. The molecule has 0 saturated carbocycles. The summed E-state index contributed by atoms with van der Waals surface area (Å²) in [4.78, 5) is 32.9. The third-order valence-electron chi connectivity index (χ3n) is 9.18. The fourth-order valence-corrected chi connectivity index (χ4v) is 7.15. The largest absolute Gasteiger partial charge is 0.494 e. The highest BCUT2D eigenvalue weighted by atomic mass is 35.5. The number of methoxy groups -OCH3 is 1. The number of rotatable bonds is 9. The third-order valence-corrected chi connectivity index (χ3v) is 10.1. The van der Waals surface area contributed by atoms with Crippen molar-refractivity contribution >= 4 is 46.0 Å². The lowest BCUT2D eigenvalue weighted by atomic mass is 9.98. The second-order valence-electron chi connectivity index (χ2n) is 12.4. The van der Waals surface area contributed by atoms with Gasteiger partial charge in [0.1, 0.15) is 11.4 Å². The predicted molar refractivity (Wildman–Crippen MR) is 188 cm³/mol. The van der Waals surface area contributed by atoms with E-state index in [0.717, 1.165) is 67.3 Å². The van der Waals surface area contributed by atoms with Crippen molar-refractivity contribution in [1.29, 1.82) is 0 Å². The van der Waals surface area contributed by atoms with Crippen LogP contribution in [0.5, 0.6) is 5.75 Å². The van der Waals surface area contributed by atoms with Gasteiger partial charge in [0.15, 0.2) is 0 Å². The van der Waals surface area contributed by atoms with Crippen molar-refractivity contribution in [2.45, 2.75) is 60.0 Å². The van der Waals surface area contributed by atoms with Crippen LogP contribution >= 0.6 is 23.2 Å². The summed E-state index contributed by atoms with van der Waals surface area (Å²) in [6.45, 7) is 9.97. The van der Waals surface area contributed by atoms with E-state index in [1.54, 1.807) is 12.1 Å². The molecule has 250 valence electrons. The Balaban J connectivity index is 1.40. The molecular formula is C37H39Cl2N5O4. The number of carbonyl (C=O) groups excluding carboxylic acids is 2. The van der Waals surface area contributed by atoms with Crippen molar-refractivity contribution in [3.63, 3.8) is 0 Å². The number of halogens is 2. The van der Waals surface area contributed by atoms with Crippen LogP contribution in [0.2, 0.25) is 10.0 Å². The number of hydrogen-bond donors (Lipinski definition) is 0. The molecule has 4 heterocycles. The van der Waals surface area contributed by atoms with Gasteiger partial charge in [-0.2, -0.15) is 5.10 Å². The Morgan fingerprint density at radius 3 is 2.40 bits per heavy atom. The Bertz CT molecular complexity index is 2020. The SMILES string of the molecule is COC(=O)c1ccc(CN2CCCn3c(c(CCCOc4cc(C)c(Cl)c(C)c4)c4ccc(Cl)c(-c5c(C)nn(C)c5C)c43)C2=O)nc1. The first-order chi connectivity index (χ1) is 23.0. The number of aryl methyl sites for hydroxylation is 6. The van der Waals surface area contributed by atoms with E-state index in [0.29, 0.717) is 61.1 Å². The first kappa shape index (κ1) is 33.6. The zero-order valence-electron chi connectivity index (χ0n) is 28.1. The van der Waals surface area contributed by atoms with Crippen LogP contribution in [0, 0.1) is 27.7 Å². The van der Waals surface area contributed by atoms with Crippen molar-refractivity contribution in [1.82, 2.24) is 24.2 Å². The van der Waals surface area contributed by atoms with Gasteiger partial charge in [0.05, 0.1) is 47.8 Å². The molecule has 1 aliphatic heterocycles. The Kier molecular flexibility index (Phi) is 9.54. The maximum absolute atomic E-state index is 14.6. The minimum absolute atomic E-state index is 0.0656. The number of hydrogen-bond acceptors (Lipinski definition) is 6. The number of carbonyl (C=O) groups is 2. The maximum atomic E-state index is 14.6. The molecule has 6 rings (SSSR count). The molecule has 48 heavy (non-hydrogen) atoms. The van der Waals surface area contributed by atoms with Gasteiger partial charge in [-0.05, 0) is 94.0 Å². The van der Waals surface area contributed by atoms with Crippen molar-refractivity contribution in [2.24, 2.45) is 7.05 Å². The van der Waals surface area contributed by atoms with Gasteiger partial charge in [0.2, 0.25) is 0 Å². The second kappa shape index (κ2) is 13.6. The van der Waals surface area contributed by atoms with Gasteiger partial charge >= 0.3 is 5.97 Å². The Hall–Kier alpha value is -4.34. The quantitative estimate of drug-likeness (QED) is 0.116. The highest BCUT2D eigenvalue weighted by Gasteiger charge is 2.32. The number of pyridine rings is 1. The summed E-state index contributed by atoms with van der Waals surface area (Å²) in [6, 6.07) is 11.3. The molecule has 0 bridgehead atoms. The molecule has 0 saturated heterocycles. The van der Waals surface area contributed by atoms with E-state index < -0.39 is 5.97 Å². The van der Waals surface area contributed by atoms with E-state index in [4.69, 9.17) is 32.7 Å². The van der Waals surface area contributed by atoms with Gasteiger partial charge < -0.3 is 18.9 Å². The highest BCUT2D eigenvalue weighted by molar-refractivity contribution is 6.35. The number of amides is 1. The molecule has 0 radical (unpaired) electrons. The summed E-state index contributed by atoms with van der Waals surface area (Å²) in [7, 11) is 3.27. The zero-order chi connectivity index (χ0) is 34.3. The molecule has 9 nitrogen and oxygen atoms in total. The highest BCUT2D eigenvalue weighted by Crippen LogP contribution is 2.43. The van der Waals surface area contributed by atoms with Crippen LogP contribution in [-0.4, -0.2) is 56.4 Å². The standard InChI is InChI=1S/C37H39Cl2N5O4/c1-21-17-27(18-22(2)33(21)39)48-16-7-9-28-29-12-13-30(38)32(31-23(3)41-42(5)24(31)4)34(29)44-15-8-14-43(36(45)35(28)44)20-26-11-10-25(19-40-26)37(46)47-6/h10-13,17-19H,7-9,14-16,20H2,1-6H3. The summed E-state index contributed by atoms with van der Waals surface area (Å²) in [5.74, 6) is 0.261. The molecule has 5 aromatic rings. The summed E-state index contributed by atoms with van der Waals surface area (Å²) >= 11 is 13.4. The first-order valence-electron chi connectivity index (χ1n) is 16.1. The van der Waals surface area contributed by atoms with Crippen LogP contribution in [0.1, 0.15) is 67.5 Å². The van der Waals surface area contributed by atoms with Crippen LogP contribution in [0.4, 0.5) is 0 Å². The number of benzene rings is 2. The predicted octanol–water partition coefficient (Wildman–Crippen LogP) is 7.82. The molecule has 11 heteroatoms. The van der Waals surface area contributed by atoms with Gasteiger partial charge in [0.25, 0.3) is 5.91 Å². The lowest BCUT2D eigenvalue weighted by Crippen LogP contribution is -2.31. The van der Waals surface area contributed by atoms with Gasteiger partial charge in [-0.3, -0.25) is 14.5 Å². The number of nitrogens with zero attached hydrogens (tertiary/aromatic N) is 5. The molecule has 0 atom stereocenters. The van der Waals surface area contributed by atoms with E-state index >= 15 is 0 Å². The fourth-order valence-electron chi connectivity index (χ4n) is 6.79. The lowest BCUT2D eigenvalue weighted by molar-refractivity contribution is 0.0599. The maximum Gasteiger partial charge on any atom is 0.339 e. The van der Waals surface area contributed by atoms with Crippen molar-refractivity contribution in [3.8, 4) is 16.9 Å². The average molecular weight is 689 g/mol. The van der Waals surface area contributed by atoms with Gasteiger partial charge in [0, 0.05) is 53.6 Å². The second-order valence-corrected chi connectivity index (χ2v) is 13.2. The Morgan fingerprint density at radius 1 is 1.00 bits per heavy atom. The van der Waals surface area contributed by atoms with Crippen LogP contribution in [0.15, 0.2) is 42.6 Å². The fraction of sp³-hybridized carbons (Fsp3) is 0.351. The third kappa shape index (κ3) is 6.17. The van der Waals surface area contributed by atoms with E-state index in [1.165, 1.54) is 13.3 Å². The molecule has 0 spiro atoms. The smallest absolute Gasteiger partial charge is 0.339 e. The van der Waals surface area contributed by atoms with Gasteiger partial charge in [-0.25, -0.2) is 4.79 Å². The summed E-state index contributed by atoms with van der Waals surface area (Å²) in [6.07, 6.45) is 3.56. The van der Waals surface area contributed by atoms with Gasteiger partial charge in [-0.15, -0.1) is 0 Å². The Morgan fingerprint density at radius 2 is 1.75 bits per heavy atom. The molecule has 1 amide bonds. The average Bonchev–Trinajstić information content (AvgIpc) is 3.45. The summed E-state index contributed by atoms with van der Waals surface area (Å²) in [5.41, 5.74) is 9.35. The van der Waals surface area contributed by atoms with Crippen molar-refractivity contribution < 1.29 is 19.1 Å². The van der Waals surface area contributed by atoms with Crippen LogP contribution in [-0.2, 0) is 31.3 Å². The van der Waals surface area contributed by atoms with E-state index in [-0.39, 0.29) is 5.91 Å². The summed E-state index contributed by atoms with van der Waals surface area (Å²) in [5, 5.41) is 7.06. The minimum atomic E-state index is -0.451. The first-order valence-corrected chi connectivity index (χ1v) is 16.8. The van der Waals surface area contributed by atoms with Crippen molar-refractivity contribution in [3.05, 3.63) is 97.7 Å². The van der Waals surface area contributed by atoms with Gasteiger partial charge in [-0.1, -0.05) is 29.3 Å². The number of esters is 1. The molecule has 1 aliphatic rings. The number of ether oxygens (including phenoxy) is 2. The summed E-state index contributed by atoms with van der Waals surface area (Å²) < 4.78 is 15.0. The van der Waals surface area contributed by atoms with E-state index in [1.807, 2.05) is 68.6 Å². The molecular weight excluding hydrogens is 649 g/mol. The normalized spacial score (nSPS) is 13.2. The molecule has 3 aromatic heterocycles. The van der Waals surface area contributed by atoms with Crippen LogP contribution < -0.4 is 4.74 Å². The molecule has 0 aliphatic carbocycles. The Labute approximate surface area is 290 Å². The molecule has 2 aromatic carbocycles. The number of fused-ring (bicyclic) bond motifs is 3. The van der Waals surface area contributed by atoms with E-state index in [2.05, 4.69) is 14.6 Å². The molecule has 0 N–H and O–H groups in total. The minimum Gasteiger partial charge on any atom is -0.494 e. The van der Waals surface area contributed by atoms with Crippen LogP contribution in [0.25, 0.3) is 22.0 Å². The lowest BCUT2D eigenvalue weighted by Gasteiger charge is -2.20. The monoisotopic (exact) mass is 687 g/mol.